The van der Waals surface area contributed by atoms with Gasteiger partial charge in [0.1, 0.15) is 0 Å². The fourth-order valence-electron chi connectivity index (χ4n) is 2.38. The van der Waals surface area contributed by atoms with Gasteiger partial charge in [-0.05, 0) is 59.5 Å². The van der Waals surface area contributed by atoms with Crippen LogP contribution in [-0.2, 0) is 4.74 Å². The first-order valence-electron chi connectivity index (χ1n) is 6.90. The van der Waals surface area contributed by atoms with Crippen LogP contribution in [0.1, 0.15) is 40.5 Å². The molecule has 0 aromatic carbocycles. The van der Waals surface area contributed by atoms with Gasteiger partial charge in [-0.2, -0.15) is 0 Å². The standard InChI is InChI=1S/C14H30N2O/c1-12(10-15-14(2,3)4)16-8-6-13(7-9-16)11-17-5/h12-13,15H,6-11H2,1-5H3. The summed E-state index contributed by atoms with van der Waals surface area (Å²) in [5.41, 5.74) is 0.225. The number of hydrogen-bond donors (Lipinski definition) is 1. The van der Waals surface area contributed by atoms with Crippen molar-refractivity contribution in [3.63, 3.8) is 0 Å². The van der Waals surface area contributed by atoms with Crippen LogP contribution in [0.5, 0.6) is 0 Å². The number of nitrogens with zero attached hydrogens (tertiary/aromatic N) is 1. The zero-order chi connectivity index (χ0) is 12.9. The van der Waals surface area contributed by atoms with Crippen LogP contribution in [0.15, 0.2) is 0 Å². The predicted molar refractivity (Wildman–Crippen MR) is 73.4 cm³/mol. The Hall–Kier alpha value is -0.120. The number of ether oxygens (including phenoxy) is 1. The second-order valence-electron chi connectivity index (χ2n) is 6.41. The second kappa shape index (κ2) is 6.72. The number of nitrogens with one attached hydrogen (secondary N) is 1. The molecule has 0 bridgehead atoms. The maximum atomic E-state index is 5.24. The van der Waals surface area contributed by atoms with Gasteiger partial charge in [0.2, 0.25) is 0 Å². The molecule has 1 saturated heterocycles. The van der Waals surface area contributed by atoms with Gasteiger partial charge in [-0.15, -0.1) is 0 Å². The van der Waals surface area contributed by atoms with Gasteiger partial charge in [-0.3, -0.25) is 4.90 Å². The van der Waals surface area contributed by atoms with Crippen LogP contribution in [0.3, 0.4) is 0 Å². The first-order valence-corrected chi connectivity index (χ1v) is 6.90. The van der Waals surface area contributed by atoms with Crippen LogP contribution in [0.2, 0.25) is 0 Å². The van der Waals surface area contributed by atoms with E-state index in [9.17, 15) is 0 Å². The third kappa shape index (κ3) is 5.84. The molecule has 3 nitrogen and oxygen atoms in total. The Kier molecular flexibility index (Phi) is 5.90. The van der Waals surface area contributed by atoms with E-state index in [1.54, 1.807) is 0 Å². The van der Waals surface area contributed by atoms with Crippen LogP contribution in [0, 0.1) is 5.92 Å². The molecule has 17 heavy (non-hydrogen) atoms. The first kappa shape index (κ1) is 14.9. The Morgan fingerprint density at radius 1 is 1.29 bits per heavy atom. The SMILES string of the molecule is COCC1CCN(C(C)CNC(C)(C)C)CC1. The lowest BCUT2D eigenvalue weighted by molar-refractivity contribution is 0.0816. The predicted octanol–water partition coefficient (Wildman–Crippen LogP) is 2.12. The highest BCUT2D eigenvalue weighted by Crippen LogP contribution is 2.19. The molecule has 0 aromatic heterocycles. The molecule has 102 valence electrons. The molecule has 1 aliphatic heterocycles. The minimum Gasteiger partial charge on any atom is -0.384 e. The quantitative estimate of drug-likeness (QED) is 0.799. The molecule has 0 aliphatic carbocycles. The highest BCUT2D eigenvalue weighted by molar-refractivity contribution is 4.80. The number of piperidine rings is 1. The summed E-state index contributed by atoms with van der Waals surface area (Å²) >= 11 is 0. The normalized spacial score (nSPS) is 21.7. The van der Waals surface area contributed by atoms with Crippen molar-refractivity contribution in [2.75, 3.05) is 33.4 Å². The minimum absolute atomic E-state index is 0.225. The molecule has 0 saturated carbocycles. The topological polar surface area (TPSA) is 24.5 Å². The lowest BCUT2D eigenvalue weighted by atomic mass is 9.96. The van der Waals surface area contributed by atoms with Crippen molar-refractivity contribution in [1.29, 1.82) is 0 Å². The monoisotopic (exact) mass is 242 g/mol. The molecule has 0 aromatic rings. The molecular weight excluding hydrogens is 212 g/mol. The van der Waals surface area contributed by atoms with E-state index < -0.39 is 0 Å². The van der Waals surface area contributed by atoms with E-state index in [0.717, 1.165) is 19.1 Å². The van der Waals surface area contributed by atoms with Crippen molar-refractivity contribution in [2.45, 2.75) is 52.1 Å². The lowest BCUT2D eigenvalue weighted by Gasteiger charge is -2.37. The Labute approximate surface area is 107 Å². The van der Waals surface area contributed by atoms with Crippen molar-refractivity contribution < 1.29 is 4.74 Å². The summed E-state index contributed by atoms with van der Waals surface area (Å²) in [5, 5.41) is 3.59. The summed E-state index contributed by atoms with van der Waals surface area (Å²) in [4.78, 5) is 2.60. The van der Waals surface area contributed by atoms with Gasteiger partial charge in [0.25, 0.3) is 0 Å². The highest BCUT2D eigenvalue weighted by atomic mass is 16.5. The van der Waals surface area contributed by atoms with E-state index in [0.29, 0.717) is 6.04 Å². The van der Waals surface area contributed by atoms with E-state index in [4.69, 9.17) is 4.74 Å². The second-order valence-corrected chi connectivity index (χ2v) is 6.41. The minimum atomic E-state index is 0.225. The van der Waals surface area contributed by atoms with Crippen LogP contribution in [0.4, 0.5) is 0 Å². The maximum absolute atomic E-state index is 5.24. The summed E-state index contributed by atoms with van der Waals surface area (Å²) in [6, 6.07) is 0.637. The number of rotatable bonds is 5. The van der Waals surface area contributed by atoms with Gasteiger partial charge in [-0.25, -0.2) is 0 Å². The van der Waals surface area contributed by atoms with E-state index in [2.05, 4.69) is 37.9 Å². The Balaban J connectivity index is 2.23. The number of methoxy groups -OCH3 is 1. The average molecular weight is 242 g/mol. The van der Waals surface area contributed by atoms with Crippen LogP contribution >= 0.6 is 0 Å². The van der Waals surface area contributed by atoms with Crippen LogP contribution in [-0.4, -0.2) is 49.8 Å². The van der Waals surface area contributed by atoms with Crippen molar-refractivity contribution in [3.05, 3.63) is 0 Å². The van der Waals surface area contributed by atoms with Crippen molar-refractivity contribution >= 4 is 0 Å². The molecule has 1 rings (SSSR count). The Morgan fingerprint density at radius 2 is 1.88 bits per heavy atom. The van der Waals surface area contributed by atoms with Crippen LogP contribution < -0.4 is 5.32 Å². The van der Waals surface area contributed by atoms with E-state index in [1.807, 2.05) is 7.11 Å². The van der Waals surface area contributed by atoms with Crippen molar-refractivity contribution in [1.82, 2.24) is 10.2 Å². The molecule has 1 heterocycles. The third-order valence-corrected chi connectivity index (χ3v) is 3.60. The number of likely N-dealkylation sites (tertiary alicyclic amines) is 1. The van der Waals surface area contributed by atoms with Gasteiger partial charge < -0.3 is 10.1 Å². The van der Waals surface area contributed by atoms with Crippen LogP contribution in [0.25, 0.3) is 0 Å². The largest absolute Gasteiger partial charge is 0.384 e. The molecule has 1 N–H and O–H groups in total. The number of hydrogen-bond acceptors (Lipinski definition) is 3. The lowest BCUT2D eigenvalue weighted by Crippen LogP contribution is -2.48. The molecule has 1 unspecified atom stereocenters. The zero-order valence-corrected chi connectivity index (χ0v) is 12.3. The molecule has 0 spiro atoms. The molecular formula is C14H30N2O. The maximum Gasteiger partial charge on any atom is 0.0491 e. The summed E-state index contributed by atoms with van der Waals surface area (Å²) in [6.45, 7) is 13.5. The summed E-state index contributed by atoms with van der Waals surface area (Å²) < 4.78 is 5.24. The first-order chi connectivity index (χ1) is 7.92. The summed E-state index contributed by atoms with van der Waals surface area (Å²) in [7, 11) is 1.81. The average Bonchev–Trinajstić information content (AvgIpc) is 2.26. The molecule has 1 fully saturated rings. The van der Waals surface area contributed by atoms with Crippen molar-refractivity contribution in [2.24, 2.45) is 5.92 Å². The Bertz CT molecular complexity index is 205. The third-order valence-electron chi connectivity index (χ3n) is 3.60. The molecule has 3 heteroatoms. The molecule has 0 amide bonds. The summed E-state index contributed by atoms with van der Waals surface area (Å²) in [6.07, 6.45) is 2.57. The van der Waals surface area contributed by atoms with E-state index in [-0.39, 0.29) is 5.54 Å². The molecule has 1 aliphatic rings. The van der Waals surface area contributed by atoms with Gasteiger partial charge >= 0.3 is 0 Å². The van der Waals surface area contributed by atoms with Gasteiger partial charge in [0.05, 0.1) is 0 Å². The van der Waals surface area contributed by atoms with Gasteiger partial charge in [0, 0.05) is 31.8 Å². The van der Waals surface area contributed by atoms with E-state index in [1.165, 1.54) is 25.9 Å². The molecule has 1 atom stereocenters. The zero-order valence-electron chi connectivity index (χ0n) is 12.3. The smallest absolute Gasteiger partial charge is 0.0491 e. The fourth-order valence-corrected chi connectivity index (χ4v) is 2.38. The van der Waals surface area contributed by atoms with Gasteiger partial charge in [0.15, 0.2) is 0 Å². The Morgan fingerprint density at radius 3 is 2.35 bits per heavy atom. The summed E-state index contributed by atoms with van der Waals surface area (Å²) in [5.74, 6) is 0.777. The molecule has 0 radical (unpaired) electrons. The van der Waals surface area contributed by atoms with Crippen molar-refractivity contribution in [3.8, 4) is 0 Å². The fraction of sp³-hybridized carbons (Fsp3) is 1.00. The highest BCUT2D eigenvalue weighted by Gasteiger charge is 2.23. The van der Waals surface area contributed by atoms with E-state index >= 15 is 0 Å². The van der Waals surface area contributed by atoms with Gasteiger partial charge in [-0.1, -0.05) is 0 Å².